The second-order valence-corrected chi connectivity index (χ2v) is 10.7. The number of nitrogens with one attached hydrogen (secondary N) is 2. The summed E-state index contributed by atoms with van der Waals surface area (Å²) >= 11 is 8.91. The van der Waals surface area contributed by atoms with Gasteiger partial charge in [0.05, 0.1) is 32.6 Å². The number of aromatic nitrogens is 4. The summed E-state index contributed by atoms with van der Waals surface area (Å²) in [5.41, 5.74) is 1.26. The molecule has 35 heavy (non-hydrogen) atoms. The van der Waals surface area contributed by atoms with E-state index >= 15 is 0 Å². The Kier molecular flexibility index (Phi) is 8.04. The van der Waals surface area contributed by atoms with Crippen LogP contribution in [0.1, 0.15) is 42.5 Å². The third kappa shape index (κ3) is 6.19. The molecule has 0 saturated heterocycles. The second-order valence-electron chi connectivity index (χ2n) is 8.36. The molecule has 0 radical (unpaired) electrons. The molecular formula is C24H25ClN6O2S2. The van der Waals surface area contributed by atoms with Crippen molar-refractivity contribution in [2.45, 2.75) is 31.5 Å². The molecule has 182 valence electrons. The fourth-order valence-electron chi connectivity index (χ4n) is 3.55. The Morgan fingerprint density at radius 2 is 1.86 bits per heavy atom. The first-order chi connectivity index (χ1) is 16.8. The SMILES string of the molecule is CC(C)C[C@@H](NC(=O)c1ccccc1Cl)c1nnc(SCC(=O)Nc2nc3ccccc3s2)n1C. The van der Waals surface area contributed by atoms with Crippen molar-refractivity contribution < 1.29 is 9.59 Å². The van der Waals surface area contributed by atoms with Gasteiger partial charge in [0, 0.05) is 7.05 Å². The van der Waals surface area contributed by atoms with Gasteiger partial charge in [0.2, 0.25) is 5.91 Å². The summed E-state index contributed by atoms with van der Waals surface area (Å²) in [6.45, 7) is 4.15. The number of amides is 2. The summed E-state index contributed by atoms with van der Waals surface area (Å²) in [6, 6.07) is 14.3. The third-order valence-corrected chi connectivity index (χ3v) is 7.49. The van der Waals surface area contributed by atoms with Crippen molar-refractivity contribution in [3.63, 3.8) is 0 Å². The molecule has 2 N–H and O–H groups in total. The van der Waals surface area contributed by atoms with Crippen LogP contribution in [0.3, 0.4) is 0 Å². The number of hydrogen-bond acceptors (Lipinski definition) is 7. The fraction of sp³-hybridized carbons (Fsp3) is 0.292. The minimum Gasteiger partial charge on any atom is -0.342 e. The fourth-order valence-corrected chi connectivity index (χ4v) is 5.37. The van der Waals surface area contributed by atoms with Crippen LogP contribution in [-0.4, -0.2) is 37.3 Å². The van der Waals surface area contributed by atoms with Crippen molar-refractivity contribution in [1.29, 1.82) is 0 Å². The van der Waals surface area contributed by atoms with Crippen LogP contribution < -0.4 is 10.6 Å². The van der Waals surface area contributed by atoms with E-state index in [9.17, 15) is 9.59 Å². The largest absolute Gasteiger partial charge is 0.342 e. The summed E-state index contributed by atoms with van der Waals surface area (Å²) in [4.78, 5) is 29.8. The van der Waals surface area contributed by atoms with E-state index in [0.29, 0.717) is 39.0 Å². The summed E-state index contributed by atoms with van der Waals surface area (Å²) in [7, 11) is 1.83. The lowest BCUT2D eigenvalue weighted by molar-refractivity contribution is -0.113. The lowest BCUT2D eigenvalue weighted by Gasteiger charge is -2.20. The Labute approximate surface area is 216 Å². The zero-order chi connectivity index (χ0) is 24.9. The van der Waals surface area contributed by atoms with Crippen molar-refractivity contribution in [1.82, 2.24) is 25.1 Å². The van der Waals surface area contributed by atoms with E-state index in [-0.39, 0.29) is 23.6 Å². The minimum absolute atomic E-state index is 0.155. The Morgan fingerprint density at radius 1 is 1.11 bits per heavy atom. The molecule has 4 rings (SSSR count). The third-order valence-electron chi connectivity index (χ3n) is 5.18. The van der Waals surface area contributed by atoms with Gasteiger partial charge in [-0.3, -0.25) is 9.59 Å². The van der Waals surface area contributed by atoms with E-state index in [1.54, 1.807) is 24.3 Å². The molecule has 0 spiro atoms. The van der Waals surface area contributed by atoms with Gasteiger partial charge in [-0.1, -0.05) is 72.8 Å². The normalized spacial score (nSPS) is 12.1. The van der Waals surface area contributed by atoms with Crippen molar-refractivity contribution >= 4 is 61.9 Å². The molecule has 1 atom stereocenters. The Bertz CT molecular complexity index is 1320. The first kappa shape index (κ1) is 25.2. The van der Waals surface area contributed by atoms with Crippen LogP contribution in [0.15, 0.2) is 53.7 Å². The van der Waals surface area contributed by atoms with E-state index in [4.69, 9.17) is 11.6 Å². The average Bonchev–Trinajstić information content (AvgIpc) is 3.39. The highest BCUT2D eigenvalue weighted by atomic mass is 35.5. The smallest absolute Gasteiger partial charge is 0.253 e. The zero-order valence-electron chi connectivity index (χ0n) is 19.5. The number of hydrogen-bond donors (Lipinski definition) is 2. The van der Waals surface area contributed by atoms with Crippen LogP contribution in [0, 0.1) is 5.92 Å². The number of carbonyl (C=O) groups excluding carboxylic acids is 2. The van der Waals surface area contributed by atoms with E-state index in [2.05, 4.69) is 39.7 Å². The molecule has 0 fully saturated rings. The number of rotatable bonds is 9. The van der Waals surface area contributed by atoms with Gasteiger partial charge in [-0.05, 0) is 36.6 Å². The molecule has 4 aromatic rings. The molecule has 2 heterocycles. The van der Waals surface area contributed by atoms with E-state index in [1.165, 1.54) is 23.1 Å². The van der Waals surface area contributed by atoms with Gasteiger partial charge in [-0.25, -0.2) is 4.98 Å². The highest BCUT2D eigenvalue weighted by molar-refractivity contribution is 7.99. The Balaban J connectivity index is 1.42. The number of halogens is 1. The van der Waals surface area contributed by atoms with Crippen LogP contribution in [0.25, 0.3) is 10.2 Å². The van der Waals surface area contributed by atoms with Crippen molar-refractivity contribution in [2.75, 3.05) is 11.1 Å². The molecule has 2 amide bonds. The molecule has 11 heteroatoms. The predicted octanol–water partition coefficient (Wildman–Crippen LogP) is 5.33. The molecule has 0 bridgehead atoms. The van der Waals surface area contributed by atoms with Crippen LogP contribution in [0.5, 0.6) is 0 Å². The summed E-state index contributed by atoms with van der Waals surface area (Å²) < 4.78 is 2.83. The molecule has 0 aliphatic rings. The van der Waals surface area contributed by atoms with Gasteiger partial charge in [0.1, 0.15) is 0 Å². The lowest BCUT2D eigenvalue weighted by Crippen LogP contribution is -2.31. The molecule has 0 aliphatic heterocycles. The van der Waals surface area contributed by atoms with Crippen LogP contribution in [-0.2, 0) is 11.8 Å². The van der Waals surface area contributed by atoms with E-state index in [1.807, 2.05) is 35.9 Å². The maximum absolute atomic E-state index is 12.9. The maximum Gasteiger partial charge on any atom is 0.253 e. The van der Waals surface area contributed by atoms with Crippen LogP contribution in [0.4, 0.5) is 5.13 Å². The maximum atomic E-state index is 12.9. The number of nitrogens with zero attached hydrogens (tertiary/aromatic N) is 4. The molecule has 0 unspecified atom stereocenters. The number of anilines is 1. The topological polar surface area (TPSA) is 102 Å². The lowest BCUT2D eigenvalue weighted by atomic mass is 10.0. The number of para-hydroxylation sites is 1. The molecule has 2 aromatic heterocycles. The Hall–Kier alpha value is -2.95. The number of benzene rings is 2. The first-order valence-electron chi connectivity index (χ1n) is 11.0. The molecule has 0 saturated carbocycles. The summed E-state index contributed by atoms with van der Waals surface area (Å²) in [5, 5.41) is 16.0. The van der Waals surface area contributed by atoms with Gasteiger partial charge in [-0.2, -0.15) is 0 Å². The van der Waals surface area contributed by atoms with Gasteiger partial charge >= 0.3 is 0 Å². The number of carbonyl (C=O) groups is 2. The standard InChI is InChI=1S/C24H25ClN6O2S2/c1-14(2)12-18(26-22(33)15-8-4-5-9-16(15)25)21-29-30-24(31(21)3)34-13-20(32)28-23-27-17-10-6-7-11-19(17)35-23/h4-11,14,18H,12-13H2,1-3H3,(H,26,33)(H,27,28,32)/t18-/m1/s1. The second kappa shape index (κ2) is 11.2. The predicted molar refractivity (Wildman–Crippen MR) is 141 cm³/mol. The molecule has 2 aromatic carbocycles. The number of thioether (sulfide) groups is 1. The highest BCUT2D eigenvalue weighted by Gasteiger charge is 2.24. The van der Waals surface area contributed by atoms with Crippen molar-refractivity contribution in [3.05, 3.63) is 64.9 Å². The number of fused-ring (bicyclic) bond motifs is 1. The minimum atomic E-state index is -0.359. The first-order valence-corrected chi connectivity index (χ1v) is 13.2. The van der Waals surface area contributed by atoms with E-state index in [0.717, 1.165) is 10.2 Å². The van der Waals surface area contributed by atoms with Gasteiger partial charge in [0.25, 0.3) is 5.91 Å². The van der Waals surface area contributed by atoms with Crippen LogP contribution >= 0.6 is 34.7 Å². The quantitative estimate of drug-likeness (QED) is 0.285. The van der Waals surface area contributed by atoms with Crippen LogP contribution in [0.2, 0.25) is 5.02 Å². The van der Waals surface area contributed by atoms with Gasteiger partial charge < -0.3 is 15.2 Å². The average molecular weight is 529 g/mol. The molecule has 0 aliphatic carbocycles. The highest BCUT2D eigenvalue weighted by Crippen LogP contribution is 2.27. The summed E-state index contributed by atoms with van der Waals surface area (Å²) in [6.07, 6.45) is 0.672. The van der Waals surface area contributed by atoms with Crippen molar-refractivity contribution in [2.24, 2.45) is 13.0 Å². The van der Waals surface area contributed by atoms with Gasteiger partial charge in [-0.15, -0.1) is 10.2 Å². The summed E-state index contributed by atoms with van der Waals surface area (Å²) in [5.74, 6) is 0.632. The Morgan fingerprint density at radius 3 is 2.60 bits per heavy atom. The van der Waals surface area contributed by atoms with E-state index < -0.39 is 0 Å². The van der Waals surface area contributed by atoms with Crippen molar-refractivity contribution in [3.8, 4) is 0 Å². The monoisotopic (exact) mass is 528 g/mol. The number of thiazole rings is 1. The van der Waals surface area contributed by atoms with Gasteiger partial charge in [0.15, 0.2) is 16.1 Å². The molecule has 8 nitrogen and oxygen atoms in total. The zero-order valence-corrected chi connectivity index (χ0v) is 21.9. The molecular weight excluding hydrogens is 504 g/mol.